The summed E-state index contributed by atoms with van der Waals surface area (Å²) in [7, 11) is 0. The molecular formula is C14H20N2O2. The molecule has 0 fully saturated rings. The van der Waals surface area contributed by atoms with Crippen LogP contribution in [0.3, 0.4) is 0 Å². The van der Waals surface area contributed by atoms with Crippen molar-refractivity contribution < 1.29 is 9.53 Å². The molecule has 4 heteroatoms. The minimum Gasteiger partial charge on any atom is -0.490 e. The molecule has 0 aliphatic carbocycles. The molecular weight excluding hydrogens is 228 g/mol. The molecule has 0 spiro atoms. The van der Waals surface area contributed by atoms with Gasteiger partial charge >= 0.3 is 0 Å². The van der Waals surface area contributed by atoms with Gasteiger partial charge in [0.25, 0.3) is 0 Å². The summed E-state index contributed by atoms with van der Waals surface area (Å²) in [5, 5.41) is 0. The van der Waals surface area contributed by atoms with Crippen molar-refractivity contribution in [3.8, 4) is 5.75 Å². The van der Waals surface area contributed by atoms with E-state index in [9.17, 15) is 4.79 Å². The van der Waals surface area contributed by atoms with Crippen LogP contribution in [0.4, 0.5) is 5.69 Å². The SMILES string of the molecule is CCCC(N)C(=O)N1CCOc2cc(C)ccc21. The Bertz CT molecular complexity index is 445. The molecule has 0 bridgehead atoms. The standard InChI is InChI=1S/C14H20N2O2/c1-3-4-11(15)14(17)16-7-8-18-13-9-10(2)5-6-12(13)16/h5-6,9,11H,3-4,7-8,15H2,1-2H3. The second kappa shape index (κ2) is 5.40. The van der Waals surface area contributed by atoms with Gasteiger partial charge < -0.3 is 15.4 Å². The summed E-state index contributed by atoms with van der Waals surface area (Å²) in [6.07, 6.45) is 1.63. The van der Waals surface area contributed by atoms with Crippen LogP contribution in [0, 0.1) is 6.92 Å². The van der Waals surface area contributed by atoms with Crippen molar-refractivity contribution in [3.05, 3.63) is 23.8 Å². The van der Waals surface area contributed by atoms with Crippen molar-refractivity contribution in [1.82, 2.24) is 0 Å². The van der Waals surface area contributed by atoms with Crippen LogP contribution in [0.2, 0.25) is 0 Å². The summed E-state index contributed by atoms with van der Waals surface area (Å²) in [5.74, 6) is 0.767. The fourth-order valence-electron chi connectivity index (χ4n) is 2.19. The molecule has 0 saturated carbocycles. The number of hydrogen-bond acceptors (Lipinski definition) is 3. The van der Waals surface area contributed by atoms with E-state index in [1.54, 1.807) is 4.90 Å². The average Bonchev–Trinajstić information content (AvgIpc) is 2.37. The Labute approximate surface area is 108 Å². The molecule has 1 aromatic rings. The van der Waals surface area contributed by atoms with Crippen LogP contribution in [-0.2, 0) is 4.79 Å². The van der Waals surface area contributed by atoms with E-state index < -0.39 is 6.04 Å². The lowest BCUT2D eigenvalue weighted by Gasteiger charge is -2.31. The van der Waals surface area contributed by atoms with E-state index in [2.05, 4.69) is 0 Å². The average molecular weight is 248 g/mol. The van der Waals surface area contributed by atoms with Gasteiger partial charge in [-0.2, -0.15) is 0 Å². The minimum absolute atomic E-state index is 0.00902. The predicted octanol–water partition coefficient (Wildman–Crippen LogP) is 1.85. The molecule has 1 amide bonds. The molecule has 1 heterocycles. The topological polar surface area (TPSA) is 55.6 Å². The number of nitrogens with zero attached hydrogens (tertiary/aromatic N) is 1. The molecule has 1 atom stereocenters. The second-order valence-electron chi connectivity index (χ2n) is 4.70. The number of carbonyl (C=O) groups is 1. The molecule has 0 saturated heterocycles. The first-order valence-electron chi connectivity index (χ1n) is 6.44. The zero-order valence-electron chi connectivity index (χ0n) is 11.0. The Kier molecular flexibility index (Phi) is 3.87. The Hall–Kier alpha value is -1.55. The first kappa shape index (κ1) is 12.9. The minimum atomic E-state index is -0.415. The molecule has 18 heavy (non-hydrogen) atoms. The number of nitrogens with two attached hydrogens (primary N) is 1. The largest absolute Gasteiger partial charge is 0.490 e. The Morgan fingerprint density at radius 1 is 1.56 bits per heavy atom. The first-order valence-corrected chi connectivity index (χ1v) is 6.44. The molecule has 1 aliphatic rings. The maximum atomic E-state index is 12.3. The molecule has 98 valence electrons. The fraction of sp³-hybridized carbons (Fsp3) is 0.500. The van der Waals surface area contributed by atoms with Crippen molar-refractivity contribution in [2.45, 2.75) is 32.7 Å². The van der Waals surface area contributed by atoms with E-state index in [0.29, 0.717) is 13.2 Å². The third-order valence-corrected chi connectivity index (χ3v) is 3.16. The summed E-state index contributed by atoms with van der Waals surface area (Å²) in [5.41, 5.74) is 7.88. The van der Waals surface area contributed by atoms with Crippen LogP contribution >= 0.6 is 0 Å². The zero-order valence-corrected chi connectivity index (χ0v) is 11.0. The number of amides is 1. The Balaban J connectivity index is 2.24. The number of fused-ring (bicyclic) bond motifs is 1. The molecule has 0 aromatic heterocycles. The number of anilines is 1. The van der Waals surface area contributed by atoms with Gasteiger partial charge in [0, 0.05) is 0 Å². The van der Waals surface area contributed by atoms with Crippen LogP contribution < -0.4 is 15.4 Å². The summed E-state index contributed by atoms with van der Waals surface area (Å²) in [4.78, 5) is 14.0. The number of benzene rings is 1. The van der Waals surface area contributed by atoms with Gasteiger partial charge in [0.1, 0.15) is 12.4 Å². The van der Waals surface area contributed by atoms with Gasteiger partial charge in [-0.25, -0.2) is 0 Å². The van der Waals surface area contributed by atoms with Gasteiger partial charge in [-0.3, -0.25) is 4.79 Å². The van der Waals surface area contributed by atoms with Crippen molar-refractivity contribution in [3.63, 3.8) is 0 Å². The van der Waals surface area contributed by atoms with E-state index in [4.69, 9.17) is 10.5 Å². The highest BCUT2D eigenvalue weighted by atomic mass is 16.5. The molecule has 1 aliphatic heterocycles. The number of aryl methyl sites for hydroxylation is 1. The summed E-state index contributed by atoms with van der Waals surface area (Å²) in [6, 6.07) is 5.46. The molecule has 1 aromatic carbocycles. The van der Waals surface area contributed by atoms with Gasteiger partial charge in [0.15, 0.2) is 0 Å². The number of ether oxygens (including phenoxy) is 1. The highest BCUT2D eigenvalue weighted by Gasteiger charge is 2.26. The maximum absolute atomic E-state index is 12.3. The van der Waals surface area contributed by atoms with E-state index in [1.165, 1.54) is 0 Å². The van der Waals surface area contributed by atoms with E-state index in [-0.39, 0.29) is 5.91 Å². The third-order valence-electron chi connectivity index (χ3n) is 3.16. The van der Waals surface area contributed by atoms with E-state index in [1.807, 2.05) is 32.0 Å². The first-order chi connectivity index (χ1) is 8.63. The van der Waals surface area contributed by atoms with E-state index >= 15 is 0 Å². The maximum Gasteiger partial charge on any atom is 0.244 e. The highest BCUT2D eigenvalue weighted by molar-refractivity contribution is 5.98. The van der Waals surface area contributed by atoms with Crippen LogP contribution in [-0.4, -0.2) is 25.1 Å². The van der Waals surface area contributed by atoms with Gasteiger partial charge in [0.05, 0.1) is 18.3 Å². The molecule has 4 nitrogen and oxygen atoms in total. The summed E-state index contributed by atoms with van der Waals surface area (Å²) >= 11 is 0. The molecule has 1 unspecified atom stereocenters. The highest BCUT2D eigenvalue weighted by Crippen LogP contribution is 2.32. The van der Waals surface area contributed by atoms with Crippen molar-refractivity contribution in [2.75, 3.05) is 18.1 Å². The lowest BCUT2D eigenvalue weighted by Crippen LogP contribution is -2.47. The van der Waals surface area contributed by atoms with Crippen molar-refractivity contribution in [1.29, 1.82) is 0 Å². The Morgan fingerprint density at radius 2 is 2.33 bits per heavy atom. The lowest BCUT2D eigenvalue weighted by atomic mass is 10.1. The van der Waals surface area contributed by atoms with Gasteiger partial charge in [-0.15, -0.1) is 0 Å². The van der Waals surface area contributed by atoms with Gasteiger partial charge in [0.2, 0.25) is 5.91 Å². The van der Waals surface area contributed by atoms with Crippen molar-refractivity contribution >= 4 is 11.6 Å². The second-order valence-corrected chi connectivity index (χ2v) is 4.70. The smallest absolute Gasteiger partial charge is 0.244 e. The molecule has 0 radical (unpaired) electrons. The Morgan fingerprint density at radius 3 is 3.06 bits per heavy atom. The number of hydrogen-bond donors (Lipinski definition) is 1. The fourth-order valence-corrected chi connectivity index (χ4v) is 2.19. The third kappa shape index (κ3) is 2.48. The zero-order chi connectivity index (χ0) is 13.1. The molecule has 2 N–H and O–H groups in total. The van der Waals surface area contributed by atoms with Gasteiger partial charge in [-0.1, -0.05) is 19.4 Å². The number of carbonyl (C=O) groups excluding carboxylic acids is 1. The normalized spacial score (nSPS) is 15.8. The number of rotatable bonds is 3. The van der Waals surface area contributed by atoms with E-state index in [0.717, 1.165) is 29.8 Å². The van der Waals surface area contributed by atoms with Crippen LogP contribution in [0.25, 0.3) is 0 Å². The predicted molar refractivity (Wildman–Crippen MR) is 71.9 cm³/mol. The van der Waals surface area contributed by atoms with Crippen molar-refractivity contribution in [2.24, 2.45) is 5.73 Å². The quantitative estimate of drug-likeness (QED) is 0.888. The van der Waals surface area contributed by atoms with Gasteiger partial charge in [-0.05, 0) is 31.0 Å². The monoisotopic (exact) mass is 248 g/mol. The van der Waals surface area contributed by atoms with Crippen LogP contribution in [0.5, 0.6) is 5.75 Å². The van der Waals surface area contributed by atoms with Crippen LogP contribution in [0.15, 0.2) is 18.2 Å². The lowest BCUT2D eigenvalue weighted by molar-refractivity contribution is -0.120. The van der Waals surface area contributed by atoms with Crippen LogP contribution in [0.1, 0.15) is 25.3 Å². The summed E-state index contributed by atoms with van der Waals surface area (Å²) < 4.78 is 5.59. The summed E-state index contributed by atoms with van der Waals surface area (Å²) in [6.45, 7) is 5.14. The molecule has 2 rings (SSSR count).